The standard InChI is InChI=1S/C23H19FN6O2/c24-17-7-5-15(6-8-17)13-29-14-26-21-18(23(29)32)12-27-30(21)10-9-25-22(31)20-11-16-3-1-2-4-19(16)28-20/h1-8,11-12,14,28H,9-10,13H2,(H,25,31). The van der Waals surface area contributed by atoms with Crippen molar-refractivity contribution in [2.24, 2.45) is 0 Å². The van der Waals surface area contributed by atoms with Crippen molar-refractivity contribution in [1.29, 1.82) is 0 Å². The van der Waals surface area contributed by atoms with Gasteiger partial charge in [-0.15, -0.1) is 0 Å². The highest BCUT2D eigenvalue weighted by atomic mass is 19.1. The van der Waals surface area contributed by atoms with Crippen LogP contribution in [0.2, 0.25) is 0 Å². The molecule has 9 heteroatoms. The molecule has 0 saturated heterocycles. The predicted molar refractivity (Wildman–Crippen MR) is 118 cm³/mol. The van der Waals surface area contributed by atoms with Crippen LogP contribution in [-0.2, 0) is 13.1 Å². The van der Waals surface area contributed by atoms with Crippen LogP contribution in [0.15, 0.2) is 71.9 Å². The van der Waals surface area contributed by atoms with Crippen molar-refractivity contribution in [2.75, 3.05) is 6.54 Å². The summed E-state index contributed by atoms with van der Waals surface area (Å²) in [7, 11) is 0. The molecular formula is C23H19FN6O2. The molecule has 32 heavy (non-hydrogen) atoms. The highest BCUT2D eigenvalue weighted by Crippen LogP contribution is 2.14. The van der Waals surface area contributed by atoms with E-state index in [1.807, 2.05) is 24.3 Å². The Labute approximate surface area is 181 Å². The second kappa shape index (κ2) is 8.10. The predicted octanol–water partition coefficient (Wildman–Crippen LogP) is 2.69. The number of halogens is 1. The SMILES string of the molecule is O=C(NCCn1ncc2c(=O)n(Cc3ccc(F)cc3)cnc21)c1cc2ccccc2[nH]1. The van der Waals surface area contributed by atoms with E-state index in [1.54, 1.807) is 22.9 Å². The van der Waals surface area contributed by atoms with Crippen molar-refractivity contribution in [3.8, 4) is 0 Å². The van der Waals surface area contributed by atoms with E-state index >= 15 is 0 Å². The van der Waals surface area contributed by atoms with Gasteiger partial charge in [-0.3, -0.25) is 14.2 Å². The number of para-hydroxylation sites is 1. The first-order valence-corrected chi connectivity index (χ1v) is 10.1. The molecule has 0 spiro atoms. The quantitative estimate of drug-likeness (QED) is 0.433. The van der Waals surface area contributed by atoms with Crippen molar-refractivity contribution in [1.82, 2.24) is 29.6 Å². The number of carbonyl (C=O) groups is 1. The molecule has 0 atom stereocenters. The molecule has 2 aromatic carbocycles. The van der Waals surface area contributed by atoms with Gasteiger partial charge < -0.3 is 10.3 Å². The summed E-state index contributed by atoms with van der Waals surface area (Å²) in [5.74, 6) is -0.542. The van der Waals surface area contributed by atoms with Gasteiger partial charge in [-0.05, 0) is 29.8 Å². The largest absolute Gasteiger partial charge is 0.351 e. The number of nitrogens with one attached hydrogen (secondary N) is 2. The van der Waals surface area contributed by atoms with Crippen LogP contribution in [0.4, 0.5) is 4.39 Å². The molecule has 0 aliphatic carbocycles. The Morgan fingerprint density at radius 3 is 2.75 bits per heavy atom. The second-order valence-corrected chi connectivity index (χ2v) is 7.44. The van der Waals surface area contributed by atoms with E-state index < -0.39 is 0 Å². The second-order valence-electron chi connectivity index (χ2n) is 7.44. The smallest absolute Gasteiger partial charge is 0.267 e. The molecule has 0 fully saturated rings. The maximum absolute atomic E-state index is 13.1. The van der Waals surface area contributed by atoms with Crippen LogP contribution in [0.25, 0.3) is 21.9 Å². The first kappa shape index (κ1) is 19.7. The summed E-state index contributed by atoms with van der Waals surface area (Å²) in [6.07, 6.45) is 2.93. The summed E-state index contributed by atoms with van der Waals surface area (Å²) >= 11 is 0. The minimum atomic E-state index is -0.326. The zero-order valence-electron chi connectivity index (χ0n) is 17.0. The Kier molecular flexibility index (Phi) is 4.98. The van der Waals surface area contributed by atoms with Crippen molar-refractivity contribution >= 4 is 27.8 Å². The zero-order valence-corrected chi connectivity index (χ0v) is 17.0. The van der Waals surface area contributed by atoms with Crippen molar-refractivity contribution in [3.63, 3.8) is 0 Å². The van der Waals surface area contributed by atoms with E-state index in [9.17, 15) is 14.0 Å². The molecule has 0 unspecified atom stereocenters. The van der Waals surface area contributed by atoms with Gasteiger partial charge in [-0.2, -0.15) is 5.10 Å². The molecule has 5 aromatic rings. The van der Waals surface area contributed by atoms with Gasteiger partial charge in [0.15, 0.2) is 5.65 Å². The van der Waals surface area contributed by atoms with Crippen LogP contribution in [0.1, 0.15) is 16.1 Å². The number of H-pyrrole nitrogens is 1. The number of carbonyl (C=O) groups excluding carboxylic acids is 1. The van der Waals surface area contributed by atoms with Gasteiger partial charge in [-0.1, -0.05) is 30.3 Å². The monoisotopic (exact) mass is 430 g/mol. The number of nitrogens with zero attached hydrogens (tertiary/aromatic N) is 4. The number of fused-ring (bicyclic) bond motifs is 2. The minimum absolute atomic E-state index is 0.215. The average Bonchev–Trinajstić information content (AvgIpc) is 3.42. The summed E-state index contributed by atoms with van der Waals surface area (Å²) in [5.41, 5.74) is 2.40. The number of hydrogen-bond acceptors (Lipinski definition) is 4. The lowest BCUT2D eigenvalue weighted by atomic mass is 10.2. The van der Waals surface area contributed by atoms with E-state index in [-0.39, 0.29) is 23.8 Å². The molecule has 1 amide bonds. The average molecular weight is 430 g/mol. The van der Waals surface area contributed by atoms with E-state index in [1.165, 1.54) is 29.2 Å². The third kappa shape index (κ3) is 3.76. The Bertz CT molecular complexity index is 1450. The molecular weight excluding hydrogens is 411 g/mol. The van der Waals surface area contributed by atoms with Gasteiger partial charge in [-0.25, -0.2) is 14.1 Å². The van der Waals surface area contributed by atoms with Crippen molar-refractivity contribution in [3.05, 3.63) is 94.5 Å². The van der Waals surface area contributed by atoms with Crippen molar-refractivity contribution in [2.45, 2.75) is 13.1 Å². The van der Waals surface area contributed by atoms with Gasteiger partial charge in [0.1, 0.15) is 23.2 Å². The first-order chi connectivity index (χ1) is 15.6. The highest BCUT2D eigenvalue weighted by molar-refractivity contribution is 5.97. The number of rotatable bonds is 6. The van der Waals surface area contributed by atoms with Gasteiger partial charge in [0.25, 0.3) is 11.5 Å². The van der Waals surface area contributed by atoms with E-state index in [0.717, 1.165) is 16.5 Å². The van der Waals surface area contributed by atoms with Crippen LogP contribution in [0.5, 0.6) is 0 Å². The summed E-state index contributed by atoms with van der Waals surface area (Å²) < 4.78 is 16.1. The number of hydrogen-bond donors (Lipinski definition) is 2. The van der Waals surface area contributed by atoms with Gasteiger partial charge in [0, 0.05) is 17.4 Å². The molecule has 2 N–H and O–H groups in total. The van der Waals surface area contributed by atoms with Crippen LogP contribution in [-0.4, -0.2) is 36.8 Å². The lowest BCUT2D eigenvalue weighted by Crippen LogP contribution is -2.28. The first-order valence-electron chi connectivity index (χ1n) is 10.1. The van der Waals surface area contributed by atoms with E-state index in [4.69, 9.17) is 0 Å². The van der Waals surface area contributed by atoms with Crippen LogP contribution >= 0.6 is 0 Å². The minimum Gasteiger partial charge on any atom is -0.351 e. The van der Waals surface area contributed by atoms with Crippen LogP contribution in [0.3, 0.4) is 0 Å². The maximum atomic E-state index is 13.1. The summed E-state index contributed by atoms with van der Waals surface area (Å²) in [6, 6.07) is 15.5. The van der Waals surface area contributed by atoms with Crippen LogP contribution < -0.4 is 10.9 Å². The Balaban J connectivity index is 1.27. The number of amides is 1. The van der Waals surface area contributed by atoms with E-state index in [0.29, 0.717) is 29.8 Å². The maximum Gasteiger partial charge on any atom is 0.267 e. The molecule has 0 saturated carbocycles. The summed E-state index contributed by atoms with van der Waals surface area (Å²) in [4.78, 5) is 32.7. The fourth-order valence-corrected chi connectivity index (χ4v) is 3.63. The third-order valence-electron chi connectivity index (χ3n) is 5.27. The van der Waals surface area contributed by atoms with Gasteiger partial charge >= 0.3 is 0 Å². The third-order valence-corrected chi connectivity index (χ3v) is 5.27. The zero-order chi connectivity index (χ0) is 22.1. The Morgan fingerprint density at radius 1 is 1.12 bits per heavy atom. The highest BCUT2D eigenvalue weighted by Gasteiger charge is 2.12. The lowest BCUT2D eigenvalue weighted by molar-refractivity contribution is 0.0948. The molecule has 0 aliphatic rings. The Hall–Kier alpha value is -4.27. The van der Waals surface area contributed by atoms with Gasteiger partial charge in [0.05, 0.1) is 19.3 Å². The number of aromatic amines is 1. The number of aromatic nitrogens is 5. The fourth-order valence-electron chi connectivity index (χ4n) is 3.63. The normalized spacial score (nSPS) is 11.3. The molecule has 3 aromatic heterocycles. The summed E-state index contributed by atoms with van der Waals surface area (Å²) in [6.45, 7) is 0.975. The Morgan fingerprint density at radius 2 is 1.94 bits per heavy atom. The topological polar surface area (TPSA) is 97.6 Å². The summed E-state index contributed by atoms with van der Waals surface area (Å²) in [5, 5.41) is 8.46. The molecule has 3 heterocycles. The molecule has 0 radical (unpaired) electrons. The molecule has 0 bridgehead atoms. The molecule has 0 aliphatic heterocycles. The lowest BCUT2D eigenvalue weighted by Gasteiger charge is -2.07. The fraction of sp³-hybridized carbons (Fsp3) is 0.130. The molecule has 160 valence electrons. The van der Waals surface area contributed by atoms with Gasteiger partial charge in [0.2, 0.25) is 0 Å². The molecule has 5 rings (SSSR count). The van der Waals surface area contributed by atoms with Crippen molar-refractivity contribution < 1.29 is 9.18 Å². The molecule has 8 nitrogen and oxygen atoms in total. The number of benzene rings is 2. The van der Waals surface area contributed by atoms with E-state index in [2.05, 4.69) is 20.4 Å². The van der Waals surface area contributed by atoms with Crippen LogP contribution in [0, 0.1) is 5.82 Å².